The van der Waals surface area contributed by atoms with E-state index in [1.165, 1.54) is 18.2 Å². The van der Waals surface area contributed by atoms with Gasteiger partial charge in [-0.1, -0.05) is 49.9 Å². The molecule has 0 bridgehead atoms. The van der Waals surface area contributed by atoms with E-state index in [4.69, 9.17) is 4.74 Å². The fourth-order valence-corrected chi connectivity index (χ4v) is 3.03. The van der Waals surface area contributed by atoms with Crippen LogP contribution in [-0.2, 0) is 9.53 Å². The number of carbonyl (C=O) groups is 1. The van der Waals surface area contributed by atoms with Crippen LogP contribution in [0, 0.1) is 5.92 Å². The second-order valence-electron chi connectivity index (χ2n) is 6.31. The van der Waals surface area contributed by atoms with Gasteiger partial charge in [0.15, 0.2) is 0 Å². The number of carbonyl (C=O) groups excluding carboxylic acids is 1. The number of benzene rings is 2. The van der Waals surface area contributed by atoms with Gasteiger partial charge in [-0.05, 0) is 40.8 Å². The van der Waals surface area contributed by atoms with Gasteiger partial charge in [0.05, 0.1) is 6.61 Å². The second kappa shape index (κ2) is 9.26. The summed E-state index contributed by atoms with van der Waals surface area (Å²) in [7, 11) is 0. The predicted octanol–water partition coefficient (Wildman–Crippen LogP) is 6.09. The SMILES string of the molecule is CC(C)CCOC(=O)C(c1ccc2cc(SC(F)F)ccc2c1)C(F)F. The summed E-state index contributed by atoms with van der Waals surface area (Å²) in [5.41, 5.74) is 0.149. The molecule has 0 saturated heterocycles. The maximum Gasteiger partial charge on any atom is 0.319 e. The summed E-state index contributed by atoms with van der Waals surface area (Å²) in [4.78, 5) is 12.5. The molecule has 142 valence electrons. The highest BCUT2D eigenvalue weighted by Crippen LogP contribution is 2.31. The van der Waals surface area contributed by atoms with Gasteiger partial charge in [0.25, 0.3) is 12.2 Å². The third kappa shape index (κ3) is 5.62. The number of ether oxygens (including phenoxy) is 1. The van der Waals surface area contributed by atoms with E-state index >= 15 is 0 Å². The Labute approximate surface area is 153 Å². The maximum absolute atomic E-state index is 13.4. The van der Waals surface area contributed by atoms with E-state index in [1.54, 1.807) is 18.2 Å². The van der Waals surface area contributed by atoms with Crippen LogP contribution in [0.4, 0.5) is 17.6 Å². The first-order valence-electron chi connectivity index (χ1n) is 8.21. The molecule has 0 spiro atoms. The Balaban J connectivity index is 2.22. The monoisotopic (exact) mass is 388 g/mol. The molecule has 2 aromatic carbocycles. The summed E-state index contributed by atoms with van der Waals surface area (Å²) in [5.74, 6) is -4.85. The highest BCUT2D eigenvalue weighted by atomic mass is 32.2. The zero-order valence-electron chi connectivity index (χ0n) is 14.4. The Hall–Kier alpha value is -1.76. The van der Waals surface area contributed by atoms with E-state index in [-0.39, 0.29) is 12.2 Å². The Morgan fingerprint density at radius 3 is 2.31 bits per heavy atom. The first kappa shape index (κ1) is 20.6. The van der Waals surface area contributed by atoms with Crippen molar-refractivity contribution in [2.45, 2.75) is 43.3 Å². The minimum Gasteiger partial charge on any atom is -0.465 e. The van der Waals surface area contributed by atoms with Crippen LogP contribution in [0.25, 0.3) is 10.8 Å². The highest BCUT2D eigenvalue weighted by Gasteiger charge is 2.31. The van der Waals surface area contributed by atoms with Crippen molar-refractivity contribution in [1.29, 1.82) is 0 Å². The number of hydrogen-bond donors (Lipinski definition) is 0. The lowest BCUT2D eigenvalue weighted by Gasteiger charge is -2.17. The molecule has 0 aliphatic heterocycles. The molecule has 2 nitrogen and oxygen atoms in total. The summed E-state index contributed by atoms with van der Waals surface area (Å²) in [5, 5.41) is 1.24. The normalized spacial score (nSPS) is 13.0. The molecule has 1 atom stereocenters. The van der Waals surface area contributed by atoms with Crippen LogP contribution in [0.1, 0.15) is 31.7 Å². The van der Waals surface area contributed by atoms with Crippen LogP contribution in [0.5, 0.6) is 0 Å². The van der Waals surface area contributed by atoms with Crippen molar-refractivity contribution >= 4 is 28.5 Å². The second-order valence-corrected chi connectivity index (χ2v) is 7.37. The smallest absolute Gasteiger partial charge is 0.319 e. The molecular weight excluding hydrogens is 368 g/mol. The number of thioether (sulfide) groups is 1. The summed E-state index contributed by atoms with van der Waals surface area (Å²) in [6, 6.07) is 9.09. The number of fused-ring (bicyclic) bond motifs is 1. The standard InChI is InChI=1S/C19H20F4O2S/c1-11(2)7-8-25-18(24)16(17(20)21)14-4-3-13-10-15(26-19(22)23)6-5-12(13)9-14/h3-6,9-11,16-17,19H,7-8H2,1-2H3. The van der Waals surface area contributed by atoms with Crippen LogP contribution in [0.2, 0.25) is 0 Å². The molecule has 26 heavy (non-hydrogen) atoms. The van der Waals surface area contributed by atoms with Crippen molar-refractivity contribution in [2.24, 2.45) is 5.92 Å². The third-order valence-electron chi connectivity index (χ3n) is 3.87. The van der Waals surface area contributed by atoms with Gasteiger partial charge in [-0.25, -0.2) is 8.78 Å². The molecule has 0 aliphatic rings. The van der Waals surface area contributed by atoms with Crippen LogP contribution < -0.4 is 0 Å². The van der Waals surface area contributed by atoms with Crippen molar-refractivity contribution < 1.29 is 27.1 Å². The molecule has 1 unspecified atom stereocenters. The molecule has 2 rings (SSSR count). The van der Waals surface area contributed by atoms with Gasteiger partial charge in [-0.2, -0.15) is 8.78 Å². The van der Waals surface area contributed by atoms with E-state index in [9.17, 15) is 22.4 Å². The molecule has 2 aromatic rings. The van der Waals surface area contributed by atoms with E-state index in [0.717, 1.165) is 0 Å². The first-order chi connectivity index (χ1) is 12.3. The Kier molecular flexibility index (Phi) is 7.32. The molecule has 7 heteroatoms. The molecule has 0 radical (unpaired) electrons. The molecule has 0 saturated carbocycles. The fraction of sp³-hybridized carbons (Fsp3) is 0.421. The maximum atomic E-state index is 13.4. The van der Waals surface area contributed by atoms with Crippen LogP contribution in [0.15, 0.2) is 41.3 Å². The number of halogens is 4. The largest absolute Gasteiger partial charge is 0.465 e. The third-order valence-corrected chi connectivity index (χ3v) is 4.57. The Morgan fingerprint density at radius 2 is 1.69 bits per heavy atom. The van der Waals surface area contributed by atoms with Gasteiger partial charge in [0.2, 0.25) is 0 Å². The topological polar surface area (TPSA) is 26.3 Å². The predicted molar refractivity (Wildman–Crippen MR) is 95.0 cm³/mol. The van der Waals surface area contributed by atoms with Crippen molar-refractivity contribution in [1.82, 2.24) is 0 Å². The van der Waals surface area contributed by atoms with Gasteiger partial charge >= 0.3 is 5.97 Å². The molecule has 0 aromatic heterocycles. The van der Waals surface area contributed by atoms with Gasteiger partial charge in [0, 0.05) is 4.90 Å². The minimum atomic E-state index is -2.90. The summed E-state index contributed by atoms with van der Waals surface area (Å²) in [6.07, 6.45) is -2.29. The zero-order valence-corrected chi connectivity index (χ0v) is 15.2. The summed E-state index contributed by atoms with van der Waals surface area (Å²) >= 11 is 0.417. The van der Waals surface area contributed by atoms with E-state index in [1.807, 2.05) is 13.8 Å². The molecule has 0 heterocycles. The molecule has 0 aliphatic carbocycles. The first-order valence-corrected chi connectivity index (χ1v) is 9.09. The number of alkyl halides is 4. The van der Waals surface area contributed by atoms with Crippen LogP contribution in [0.3, 0.4) is 0 Å². The van der Waals surface area contributed by atoms with E-state index < -0.39 is 24.1 Å². The summed E-state index contributed by atoms with van der Waals surface area (Å²) < 4.78 is 56.8. The number of rotatable bonds is 8. The van der Waals surface area contributed by atoms with Crippen molar-refractivity contribution in [3.05, 3.63) is 42.0 Å². The lowest BCUT2D eigenvalue weighted by Crippen LogP contribution is -2.23. The van der Waals surface area contributed by atoms with E-state index in [2.05, 4.69) is 0 Å². The van der Waals surface area contributed by atoms with Crippen molar-refractivity contribution in [3.8, 4) is 0 Å². The average molecular weight is 388 g/mol. The highest BCUT2D eigenvalue weighted by molar-refractivity contribution is 7.99. The van der Waals surface area contributed by atoms with Crippen LogP contribution >= 0.6 is 11.8 Å². The molecule has 0 N–H and O–H groups in total. The number of esters is 1. The quantitative estimate of drug-likeness (QED) is 0.311. The minimum absolute atomic E-state index is 0.0987. The Morgan fingerprint density at radius 1 is 1.04 bits per heavy atom. The lowest BCUT2D eigenvalue weighted by molar-refractivity contribution is -0.149. The summed E-state index contributed by atoms with van der Waals surface area (Å²) in [6.45, 7) is 3.99. The van der Waals surface area contributed by atoms with Gasteiger partial charge in [-0.15, -0.1) is 0 Å². The fourth-order valence-electron chi connectivity index (χ4n) is 2.48. The van der Waals surface area contributed by atoms with Crippen molar-refractivity contribution in [3.63, 3.8) is 0 Å². The molecule has 0 amide bonds. The molecular formula is C19H20F4O2S. The number of hydrogen-bond acceptors (Lipinski definition) is 3. The van der Waals surface area contributed by atoms with Gasteiger partial charge in [0.1, 0.15) is 5.92 Å². The zero-order chi connectivity index (χ0) is 19.3. The Bertz CT molecular complexity index is 749. The van der Waals surface area contributed by atoms with Crippen LogP contribution in [-0.4, -0.2) is 24.8 Å². The van der Waals surface area contributed by atoms with Gasteiger partial charge < -0.3 is 4.74 Å². The van der Waals surface area contributed by atoms with E-state index in [0.29, 0.717) is 39.8 Å². The lowest BCUT2D eigenvalue weighted by atomic mass is 9.96. The van der Waals surface area contributed by atoms with Gasteiger partial charge in [-0.3, -0.25) is 4.79 Å². The molecule has 0 fully saturated rings. The average Bonchev–Trinajstić information content (AvgIpc) is 2.53. The van der Waals surface area contributed by atoms with Crippen molar-refractivity contribution in [2.75, 3.05) is 6.61 Å².